The minimum atomic E-state index is -0.492. The van der Waals surface area contributed by atoms with Gasteiger partial charge in [0, 0.05) is 6.54 Å². The van der Waals surface area contributed by atoms with Crippen molar-refractivity contribution in [2.24, 2.45) is 0 Å². The van der Waals surface area contributed by atoms with Gasteiger partial charge in [0.15, 0.2) is 0 Å². The fraction of sp³-hybridized carbons (Fsp3) is 0.438. The first kappa shape index (κ1) is 16.0. The van der Waals surface area contributed by atoms with Crippen molar-refractivity contribution in [1.82, 2.24) is 9.78 Å². The molecule has 0 bridgehead atoms. The molecular formula is C16H21BrN2O2. The van der Waals surface area contributed by atoms with E-state index in [9.17, 15) is 5.11 Å². The van der Waals surface area contributed by atoms with E-state index >= 15 is 0 Å². The second-order valence-corrected chi connectivity index (χ2v) is 5.71. The lowest BCUT2D eigenvalue weighted by molar-refractivity contribution is 0.198. The molecule has 0 amide bonds. The van der Waals surface area contributed by atoms with Gasteiger partial charge >= 0.3 is 0 Å². The first-order valence-corrected chi connectivity index (χ1v) is 8.01. The van der Waals surface area contributed by atoms with Crippen molar-refractivity contribution in [2.75, 3.05) is 0 Å². The first-order chi connectivity index (χ1) is 10.1. The summed E-state index contributed by atoms with van der Waals surface area (Å²) in [6.45, 7) is 7.16. The fourth-order valence-electron chi connectivity index (χ4n) is 2.17. The standard InChI is InChI=1S/C16H21BrN2O2/c1-4-14-16(17)15(19(5-2)18-14)10-21-13-8-6-7-12(9-13)11(3)20/h6-9,11,20H,4-5,10H2,1-3H3/t11-/m0/s1. The second kappa shape index (κ2) is 7.09. The maximum Gasteiger partial charge on any atom is 0.131 e. The Morgan fingerprint density at radius 2 is 2.14 bits per heavy atom. The molecule has 4 nitrogen and oxygen atoms in total. The fourth-order valence-corrected chi connectivity index (χ4v) is 2.85. The Morgan fingerprint density at radius 3 is 2.76 bits per heavy atom. The molecule has 2 rings (SSSR count). The summed E-state index contributed by atoms with van der Waals surface area (Å²) in [5, 5.41) is 14.2. The number of aliphatic hydroxyl groups is 1. The molecule has 0 unspecified atom stereocenters. The van der Waals surface area contributed by atoms with Gasteiger partial charge in [-0.05, 0) is 53.9 Å². The topological polar surface area (TPSA) is 47.3 Å². The van der Waals surface area contributed by atoms with E-state index < -0.39 is 6.10 Å². The summed E-state index contributed by atoms with van der Waals surface area (Å²) in [7, 11) is 0. The predicted octanol–water partition coefficient (Wildman–Crippen LogP) is 3.86. The molecule has 5 heteroatoms. The molecule has 2 aromatic rings. The van der Waals surface area contributed by atoms with E-state index in [1.807, 2.05) is 28.9 Å². The highest BCUT2D eigenvalue weighted by atomic mass is 79.9. The second-order valence-electron chi connectivity index (χ2n) is 4.91. The molecule has 1 N–H and O–H groups in total. The monoisotopic (exact) mass is 352 g/mol. The molecule has 1 aromatic heterocycles. The number of hydrogen-bond acceptors (Lipinski definition) is 3. The minimum Gasteiger partial charge on any atom is -0.487 e. The molecule has 0 radical (unpaired) electrons. The summed E-state index contributed by atoms with van der Waals surface area (Å²) in [5.74, 6) is 0.752. The van der Waals surface area contributed by atoms with Gasteiger partial charge in [-0.1, -0.05) is 19.1 Å². The molecular weight excluding hydrogens is 332 g/mol. The summed E-state index contributed by atoms with van der Waals surface area (Å²) in [5.41, 5.74) is 2.94. The molecule has 21 heavy (non-hydrogen) atoms. The third-order valence-electron chi connectivity index (χ3n) is 3.41. The van der Waals surface area contributed by atoms with Gasteiger partial charge in [-0.15, -0.1) is 0 Å². The van der Waals surface area contributed by atoms with Crippen LogP contribution in [0.25, 0.3) is 0 Å². The number of ether oxygens (including phenoxy) is 1. The van der Waals surface area contributed by atoms with E-state index in [0.29, 0.717) is 6.61 Å². The highest BCUT2D eigenvalue weighted by Gasteiger charge is 2.14. The summed E-state index contributed by atoms with van der Waals surface area (Å²) in [6.07, 6.45) is 0.395. The molecule has 1 atom stereocenters. The number of rotatable bonds is 6. The van der Waals surface area contributed by atoms with Gasteiger partial charge in [0.2, 0.25) is 0 Å². The van der Waals surface area contributed by atoms with Crippen LogP contribution in [0.1, 0.15) is 43.8 Å². The zero-order valence-corrected chi connectivity index (χ0v) is 14.2. The number of aromatic nitrogens is 2. The van der Waals surface area contributed by atoms with Crippen LogP contribution in [0.3, 0.4) is 0 Å². The van der Waals surface area contributed by atoms with E-state index in [2.05, 4.69) is 34.9 Å². The van der Waals surface area contributed by atoms with Crippen molar-refractivity contribution in [3.05, 3.63) is 45.7 Å². The summed E-state index contributed by atoms with van der Waals surface area (Å²) < 4.78 is 8.85. The quantitative estimate of drug-likeness (QED) is 0.858. The van der Waals surface area contributed by atoms with E-state index in [4.69, 9.17) is 4.74 Å². The first-order valence-electron chi connectivity index (χ1n) is 7.21. The normalized spacial score (nSPS) is 12.4. The van der Waals surface area contributed by atoms with Crippen LogP contribution in [0.5, 0.6) is 5.75 Å². The van der Waals surface area contributed by atoms with E-state index in [-0.39, 0.29) is 0 Å². The molecule has 1 heterocycles. The molecule has 0 aliphatic heterocycles. The highest BCUT2D eigenvalue weighted by Crippen LogP contribution is 2.25. The third-order valence-corrected chi connectivity index (χ3v) is 4.33. The Hall–Kier alpha value is -1.33. The Balaban J connectivity index is 2.16. The Morgan fingerprint density at radius 1 is 1.38 bits per heavy atom. The number of hydrogen-bond donors (Lipinski definition) is 1. The molecule has 0 fully saturated rings. The van der Waals surface area contributed by atoms with Gasteiger partial charge in [-0.3, -0.25) is 4.68 Å². The molecule has 0 aliphatic carbocycles. The number of nitrogens with zero attached hydrogens (tertiary/aromatic N) is 2. The van der Waals surface area contributed by atoms with Crippen LogP contribution in [0.2, 0.25) is 0 Å². The van der Waals surface area contributed by atoms with E-state index in [1.54, 1.807) is 6.92 Å². The molecule has 0 aliphatic rings. The zero-order valence-electron chi connectivity index (χ0n) is 12.6. The lowest BCUT2D eigenvalue weighted by atomic mass is 10.1. The third kappa shape index (κ3) is 3.66. The van der Waals surface area contributed by atoms with Crippen LogP contribution in [0.15, 0.2) is 28.7 Å². The Kier molecular flexibility index (Phi) is 5.42. The van der Waals surface area contributed by atoms with Gasteiger partial charge < -0.3 is 9.84 Å². The van der Waals surface area contributed by atoms with Crippen molar-refractivity contribution in [3.8, 4) is 5.75 Å². The number of aryl methyl sites for hydroxylation is 2. The van der Waals surface area contributed by atoms with Crippen LogP contribution in [-0.2, 0) is 19.6 Å². The molecule has 0 spiro atoms. The lowest BCUT2D eigenvalue weighted by Crippen LogP contribution is -2.07. The van der Waals surface area contributed by atoms with Crippen molar-refractivity contribution in [3.63, 3.8) is 0 Å². The minimum absolute atomic E-state index is 0.449. The van der Waals surface area contributed by atoms with Crippen LogP contribution >= 0.6 is 15.9 Å². The van der Waals surface area contributed by atoms with Crippen molar-refractivity contribution in [1.29, 1.82) is 0 Å². The molecule has 0 saturated carbocycles. The van der Waals surface area contributed by atoms with E-state index in [1.165, 1.54) is 0 Å². The van der Waals surface area contributed by atoms with Gasteiger partial charge in [0.05, 0.1) is 22.0 Å². The maximum atomic E-state index is 9.62. The largest absolute Gasteiger partial charge is 0.487 e. The number of aliphatic hydroxyl groups excluding tert-OH is 1. The molecule has 0 saturated heterocycles. The summed E-state index contributed by atoms with van der Waals surface area (Å²) in [6, 6.07) is 7.54. The van der Waals surface area contributed by atoms with Crippen molar-refractivity contribution >= 4 is 15.9 Å². The van der Waals surface area contributed by atoms with Crippen molar-refractivity contribution in [2.45, 2.75) is 46.4 Å². The predicted molar refractivity (Wildman–Crippen MR) is 86.4 cm³/mol. The van der Waals surface area contributed by atoms with E-state index in [0.717, 1.165) is 40.1 Å². The van der Waals surface area contributed by atoms with Crippen molar-refractivity contribution < 1.29 is 9.84 Å². The smallest absolute Gasteiger partial charge is 0.131 e. The molecule has 1 aromatic carbocycles. The van der Waals surface area contributed by atoms with Crippen LogP contribution in [0, 0.1) is 0 Å². The average molecular weight is 353 g/mol. The zero-order chi connectivity index (χ0) is 15.4. The SMILES string of the molecule is CCc1nn(CC)c(COc2cccc([C@H](C)O)c2)c1Br. The van der Waals surface area contributed by atoms with Gasteiger partial charge in [0.25, 0.3) is 0 Å². The molecule has 114 valence electrons. The average Bonchev–Trinajstić information content (AvgIpc) is 2.81. The van der Waals surface area contributed by atoms with Gasteiger partial charge in [-0.2, -0.15) is 5.10 Å². The summed E-state index contributed by atoms with van der Waals surface area (Å²) >= 11 is 3.61. The van der Waals surface area contributed by atoms with Gasteiger partial charge in [0.1, 0.15) is 12.4 Å². The van der Waals surface area contributed by atoms with Gasteiger partial charge in [-0.25, -0.2) is 0 Å². The Labute approximate surface area is 133 Å². The van der Waals surface area contributed by atoms with Crippen LogP contribution in [0.4, 0.5) is 0 Å². The number of halogens is 1. The van der Waals surface area contributed by atoms with Crippen LogP contribution < -0.4 is 4.74 Å². The number of benzene rings is 1. The summed E-state index contributed by atoms with van der Waals surface area (Å²) in [4.78, 5) is 0. The lowest BCUT2D eigenvalue weighted by Gasteiger charge is -2.11. The highest BCUT2D eigenvalue weighted by molar-refractivity contribution is 9.10. The Bertz CT molecular complexity index is 608. The van der Waals surface area contributed by atoms with Crippen LogP contribution in [-0.4, -0.2) is 14.9 Å². The maximum absolute atomic E-state index is 9.62.